The molecule has 0 amide bonds. The highest BCUT2D eigenvalue weighted by atomic mass is 79.9. The third-order valence-electron chi connectivity index (χ3n) is 2.74. The largest absolute Gasteiger partial charge is 0.465 e. The summed E-state index contributed by atoms with van der Waals surface area (Å²) in [5.41, 5.74) is 1.92. The average Bonchev–Trinajstić information content (AvgIpc) is 2.52. The van der Waals surface area contributed by atoms with E-state index in [9.17, 15) is 4.79 Å². The van der Waals surface area contributed by atoms with Crippen molar-refractivity contribution in [2.45, 2.75) is 0 Å². The van der Waals surface area contributed by atoms with Crippen molar-refractivity contribution in [1.82, 2.24) is 0 Å². The molecule has 6 heteroatoms. The first-order chi connectivity index (χ1) is 10.1. The summed E-state index contributed by atoms with van der Waals surface area (Å²) in [4.78, 5) is 20.4. The number of aliphatic imine (C=N–C) groups is 1. The van der Waals surface area contributed by atoms with Crippen LogP contribution in [0.2, 0.25) is 0 Å². The molecule has 5 nitrogen and oxygen atoms in total. The molecule has 0 heterocycles. The molecule has 108 valence electrons. The summed E-state index contributed by atoms with van der Waals surface area (Å²) in [7, 11) is 1.34. The van der Waals surface area contributed by atoms with Gasteiger partial charge in [0.05, 0.1) is 18.4 Å². The van der Waals surface area contributed by atoms with Crippen LogP contribution in [0.15, 0.2) is 51.9 Å². The van der Waals surface area contributed by atoms with Crippen LogP contribution in [0.25, 0.3) is 0 Å². The van der Waals surface area contributed by atoms with Gasteiger partial charge in [0.1, 0.15) is 0 Å². The average molecular weight is 349 g/mol. The maximum Gasteiger partial charge on any atom is 0.337 e. The molecule has 0 unspecified atom stereocenters. The standard InChI is InChI=1S/C15H13BrN2O3/c1-20-15(19)10-2-5-13(6-3-10)18-9-11-8-12(16)4-7-14(11)21-17/h2-9H,17H2,1H3/b18-9+. The second kappa shape index (κ2) is 7.01. The lowest BCUT2D eigenvalue weighted by atomic mass is 10.2. The van der Waals surface area contributed by atoms with Gasteiger partial charge in [0, 0.05) is 16.3 Å². The lowest BCUT2D eigenvalue weighted by molar-refractivity contribution is 0.0601. The van der Waals surface area contributed by atoms with E-state index in [0.29, 0.717) is 17.0 Å². The summed E-state index contributed by atoms with van der Waals surface area (Å²) in [6.45, 7) is 0. The number of hydrogen-bond acceptors (Lipinski definition) is 5. The topological polar surface area (TPSA) is 73.9 Å². The summed E-state index contributed by atoms with van der Waals surface area (Å²) in [6, 6.07) is 12.2. The van der Waals surface area contributed by atoms with E-state index in [1.54, 1.807) is 36.5 Å². The number of methoxy groups -OCH3 is 1. The Bertz CT molecular complexity index is 669. The molecule has 2 aromatic carbocycles. The molecular weight excluding hydrogens is 336 g/mol. The van der Waals surface area contributed by atoms with Crippen LogP contribution in [0.3, 0.4) is 0 Å². The van der Waals surface area contributed by atoms with Crippen LogP contribution in [0, 0.1) is 0 Å². The van der Waals surface area contributed by atoms with Gasteiger partial charge in [-0.15, -0.1) is 0 Å². The Kier molecular flexibility index (Phi) is 5.08. The number of ether oxygens (including phenoxy) is 1. The number of benzene rings is 2. The number of halogens is 1. The van der Waals surface area contributed by atoms with E-state index in [1.165, 1.54) is 7.11 Å². The van der Waals surface area contributed by atoms with Crippen molar-refractivity contribution in [3.63, 3.8) is 0 Å². The van der Waals surface area contributed by atoms with Gasteiger partial charge in [-0.25, -0.2) is 4.79 Å². The monoisotopic (exact) mass is 348 g/mol. The number of nitrogens with zero attached hydrogens (tertiary/aromatic N) is 1. The van der Waals surface area contributed by atoms with Gasteiger partial charge in [-0.1, -0.05) is 15.9 Å². The molecule has 21 heavy (non-hydrogen) atoms. The predicted molar refractivity (Wildman–Crippen MR) is 84.0 cm³/mol. The Morgan fingerprint density at radius 3 is 2.57 bits per heavy atom. The van der Waals surface area contributed by atoms with Crippen LogP contribution >= 0.6 is 15.9 Å². The Balaban J connectivity index is 2.21. The molecule has 0 spiro atoms. The molecule has 0 aromatic heterocycles. The van der Waals surface area contributed by atoms with Gasteiger partial charge < -0.3 is 9.57 Å². The molecule has 0 atom stereocenters. The van der Waals surface area contributed by atoms with Gasteiger partial charge >= 0.3 is 5.97 Å². The molecule has 0 saturated heterocycles. The zero-order valence-electron chi connectivity index (χ0n) is 11.2. The van der Waals surface area contributed by atoms with Gasteiger partial charge in [-0.05, 0) is 42.5 Å². The van der Waals surface area contributed by atoms with Gasteiger partial charge in [0.15, 0.2) is 5.75 Å². The number of esters is 1. The Morgan fingerprint density at radius 1 is 1.24 bits per heavy atom. The molecule has 0 saturated carbocycles. The second-order valence-electron chi connectivity index (χ2n) is 4.10. The van der Waals surface area contributed by atoms with Gasteiger partial charge in [0.25, 0.3) is 0 Å². The van der Waals surface area contributed by atoms with Crippen LogP contribution in [-0.4, -0.2) is 19.3 Å². The van der Waals surface area contributed by atoms with E-state index in [1.807, 2.05) is 12.1 Å². The summed E-state index contributed by atoms with van der Waals surface area (Å²) in [5.74, 6) is 5.35. The number of rotatable bonds is 4. The molecule has 0 radical (unpaired) electrons. The Hall–Kier alpha value is -2.18. The first kappa shape index (κ1) is 15.2. The van der Waals surface area contributed by atoms with Gasteiger partial charge in [-0.3, -0.25) is 4.99 Å². The molecule has 2 rings (SSSR count). The van der Waals surface area contributed by atoms with Gasteiger partial charge in [0.2, 0.25) is 0 Å². The molecule has 0 aliphatic rings. The van der Waals surface area contributed by atoms with E-state index in [2.05, 4.69) is 25.7 Å². The number of hydrogen-bond donors (Lipinski definition) is 1. The van der Waals surface area contributed by atoms with Crippen LogP contribution in [0.5, 0.6) is 5.75 Å². The molecule has 0 fully saturated rings. The molecule has 0 bridgehead atoms. The minimum absolute atomic E-state index is 0.378. The highest BCUT2D eigenvalue weighted by molar-refractivity contribution is 9.10. The highest BCUT2D eigenvalue weighted by Crippen LogP contribution is 2.22. The first-order valence-corrected chi connectivity index (χ1v) is 6.82. The van der Waals surface area contributed by atoms with E-state index in [4.69, 9.17) is 10.7 Å². The van der Waals surface area contributed by atoms with Gasteiger partial charge in [-0.2, -0.15) is 5.90 Å². The van der Waals surface area contributed by atoms with Crippen molar-refractivity contribution in [2.75, 3.05) is 7.11 Å². The third-order valence-corrected chi connectivity index (χ3v) is 3.23. The van der Waals surface area contributed by atoms with Crippen molar-refractivity contribution in [1.29, 1.82) is 0 Å². The predicted octanol–water partition coefficient (Wildman–Crippen LogP) is 3.24. The quantitative estimate of drug-likeness (QED) is 0.522. The lowest BCUT2D eigenvalue weighted by Crippen LogP contribution is -2.04. The summed E-state index contributed by atoms with van der Waals surface area (Å²) < 4.78 is 5.53. The van der Waals surface area contributed by atoms with E-state index in [0.717, 1.165) is 10.0 Å². The number of nitrogens with two attached hydrogens (primary N) is 1. The van der Waals surface area contributed by atoms with E-state index < -0.39 is 0 Å². The van der Waals surface area contributed by atoms with Crippen LogP contribution < -0.4 is 10.7 Å². The van der Waals surface area contributed by atoms with Crippen molar-refractivity contribution in [3.05, 3.63) is 58.1 Å². The maximum atomic E-state index is 11.3. The lowest BCUT2D eigenvalue weighted by Gasteiger charge is -2.03. The summed E-state index contributed by atoms with van der Waals surface area (Å²) in [6.07, 6.45) is 1.64. The molecular formula is C15H13BrN2O3. The molecule has 0 aliphatic heterocycles. The molecule has 2 aromatic rings. The van der Waals surface area contributed by atoms with Crippen molar-refractivity contribution in [3.8, 4) is 5.75 Å². The smallest absolute Gasteiger partial charge is 0.337 e. The fourth-order valence-corrected chi connectivity index (χ4v) is 2.05. The number of carbonyl (C=O) groups is 1. The van der Waals surface area contributed by atoms with E-state index in [-0.39, 0.29) is 5.97 Å². The zero-order valence-corrected chi connectivity index (χ0v) is 12.8. The van der Waals surface area contributed by atoms with Crippen LogP contribution in [0.1, 0.15) is 15.9 Å². The number of carbonyl (C=O) groups excluding carboxylic acids is 1. The normalized spacial score (nSPS) is 10.6. The SMILES string of the molecule is COC(=O)c1ccc(/N=C/c2cc(Br)ccc2ON)cc1. The van der Waals surface area contributed by atoms with E-state index >= 15 is 0 Å². The minimum atomic E-state index is -0.378. The van der Waals surface area contributed by atoms with Crippen molar-refractivity contribution >= 4 is 33.8 Å². The van der Waals surface area contributed by atoms with Crippen LogP contribution in [-0.2, 0) is 4.74 Å². The maximum absolute atomic E-state index is 11.3. The fourth-order valence-electron chi connectivity index (χ4n) is 1.67. The molecule has 0 aliphatic carbocycles. The Morgan fingerprint density at radius 2 is 1.95 bits per heavy atom. The first-order valence-electron chi connectivity index (χ1n) is 6.03. The minimum Gasteiger partial charge on any atom is -0.465 e. The zero-order chi connectivity index (χ0) is 15.2. The van der Waals surface area contributed by atoms with Crippen molar-refractivity contribution < 1.29 is 14.4 Å². The Labute approximate surface area is 130 Å². The fraction of sp³-hybridized carbons (Fsp3) is 0.0667. The van der Waals surface area contributed by atoms with Crippen LogP contribution in [0.4, 0.5) is 5.69 Å². The molecule has 2 N–H and O–H groups in total. The summed E-state index contributed by atoms with van der Waals surface area (Å²) in [5, 5.41) is 0. The third kappa shape index (κ3) is 3.90. The second-order valence-corrected chi connectivity index (χ2v) is 5.01. The summed E-state index contributed by atoms with van der Waals surface area (Å²) >= 11 is 3.38. The van der Waals surface area contributed by atoms with Crippen molar-refractivity contribution in [2.24, 2.45) is 10.9 Å². The highest BCUT2D eigenvalue weighted by Gasteiger charge is 2.04.